The van der Waals surface area contributed by atoms with E-state index in [0.29, 0.717) is 0 Å². The highest BCUT2D eigenvalue weighted by Crippen LogP contribution is 2.23. The maximum Gasteiger partial charge on any atom is 0.223 e. The summed E-state index contributed by atoms with van der Waals surface area (Å²) in [4.78, 5) is 12.3. The molecular formula is C18H28N2O. The van der Waals surface area contributed by atoms with Crippen LogP contribution >= 0.6 is 0 Å². The quantitative estimate of drug-likeness (QED) is 0.895. The van der Waals surface area contributed by atoms with E-state index in [1.54, 1.807) is 0 Å². The molecule has 0 bridgehead atoms. The molecule has 2 rings (SSSR count). The van der Waals surface area contributed by atoms with E-state index in [1.165, 1.54) is 16.7 Å². The molecule has 1 aliphatic carbocycles. The van der Waals surface area contributed by atoms with Crippen molar-refractivity contribution in [1.82, 2.24) is 5.32 Å². The first-order chi connectivity index (χ1) is 9.94. The summed E-state index contributed by atoms with van der Waals surface area (Å²) < 4.78 is 0. The normalized spacial score (nSPS) is 23.6. The predicted octanol–water partition coefficient (Wildman–Crippen LogP) is 2.87. The summed E-state index contributed by atoms with van der Waals surface area (Å²) in [7, 11) is 0. The molecule has 3 heteroatoms. The highest BCUT2D eigenvalue weighted by atomic mass is 16.1. The topological polar surface area (TPSA) is 55.1 Å². The molecule has 1 saturated carbocycles. The molecular weight excluding hydrogens is 260 g/mol. The minimum atomic E-state index is 0.107. The number of carbonyl (C=O) groups excluding carboxylic acids is 1. The smallest absolute Gasteiger partial charge is 0.223 e. The van der Waals surface area contributed by atoms with Gasteiger partial charge in [0.2, 0.25) is 5.91 Å². The van der Waals surface area contributed by atoms with Crippen LogP contribution in [0.5, 0.6) is 0 Å². The van der Waals surface area contributed by atoms with E-state index in [2.05, 4.69) is 44.3 Å². The van der Waals surface area contributed by atoms with Crippen LogP contribution in [0.25, 0.3) is 0 Å². The molecule has 1 aromatic carbocycles. The molecule has 1 fully saturated rings. The van der Waals surface area contributed by atoms with Crippen LogP contribution in [0.1, 0.15) is 49.3 Å². The van der Waals surface area contributed by atoms with Gasteiger partial charge < -0.3 is 11.1 Å². The van der Waals surface area contributed by atoms with Crippen molar-refractivity contribution in [3.05, 3.63) is 34.9 Å². The Morgan fingerprint density at radius 2 is 1.95 bits per heavy atom. The first-order valence-corrected chi connectivity index (χ1v) is 8.07. The first-order valence-electron chi connectivity index (χ1n) is 8.07. The molecule has 0 spiro atoms. The van der Waals surface area contributed by atoms with Crippen molar-refractivity contribution in [2.24, 2.45) is 11.7 Å². The van der Waals surface area contributed by atoms with Crippen molar-refractivity contribution < 1.29 is 4.79 Å². The molecule has 3 N–H and O–H groups in total. The van der Waals surface area contributed by atoms with Gasteiger partial charge in [-0.1, -0.05) is 35.7 Å². The molecule has 3 nitrogen and oxygen atoms in total. The molecule has 3 unspecified atom stereocenters. The van der Waals surface area contributed by atoms with Gasteiger partial charge in [-0.3, -0.25) is 4.79 Å². The standard InChI is InChI=1S/C18H28N2O/c1-12-7-13(2)9-15(8-12)10-14(3)20-18(21)16-5-4-6-17(19)11-16/h7-9,14,16-17H,4-6,10-11,19H2,1-3H3,(H,20,21). The van der Waals surface area contributed by atoms with Gasteiger partial charge in [-0.15, -0.1) is 0 Å². The van der Waals surface area contributed by atoms with E-state index in [-0.39, 0.29) is 23.9 Å². The molecule has 0 heterocycles. The predicted molar refractivity (Wildman–Crippen MR) is 87.2 cm³/mol. The highest BCUT2D eigenvalue weighted by molar-refractivity contribution is 5.79. The summed E-state index contributed by atoms with van der Waals surface area (Å²) in [6, 6.07) is 6.94. The van der Waals surface area contributed by atoms with Gasteiger partial charge in [-0.25, -0.2) is 0 Å². The Labute approximate surface area is 128 Å². The average molecular weight is 288 g/mol. The third-order valence-electron chi connectivity index (χ3n) is 4.30. The number of nitrogens with two attached hydrogens (primary N) is 1. The Balaban J connectivity index is 1.88. The van der Waals surface area contributed by atoms with Crippen molar-refractivity contribution in [2.45, 2.75) is 65.0 Å². The van der Waals surface area contributed by atoms with Gasteiger partial charge in [0.1, 0.15) is 0 Å². The Kier molecular flexibility index (Phi) is 5.40. The van der Waals surface area contributed by atoms with Gasteiger partial charge in [-0.05, 0) is 52.0 Å². The van der Waals surface area contributed by atoms with Crippen molar-refractivity contribution in [3.63, 3.8) is 0 Å². The maximum atomic E-state index is 12.3. The zero-order chi connectivity index (χ0) is 15.4. The number of carbonyl (C=O) groups is 1. The summed E-state index contributed by atoms with van der Waals surface area (Å²) in [6.07, 6.45) is 4.83. The summed E-state index contributed by atoms with van der Waals surface area (Å²) in [5, 5.41) is 3.16. The number of amides is 1. The molecule has 116 valence electrons. The van der Waals surface area contributed by atoms with Gasteiger partial charge >= 0.3 is 0 Å². The SMILES string of the molecule is Cc1cc(C)cc(CC(C)NC(=O)C2CCCC(N)C2)c1. The lowest BCUT2D eigenvalue weighted by Crippen LogP contribution is -2.42. The molecule has 1 aliphatic rings. The van der Waals surface area contributed by atoms with Crippen molar-refractivity contribution >= 4 is 5.91 Å². The van der Waals surface area contributed by atoms with Crippen LogP contribution in [-0.4, -0.2) is 18.0 Å². The number of rotatable bonds is 4. The minimum absolute atomic E-state index is 0.107. The van der Waals surface area contributed by atoms with Gasteiger partial charge in [0, 0.05) is 18.0 Å². The molecule has 1 amide bonds. The first kappa shape index (κ1) is 16.0. The molecule has 1 aromatic rings. The van der Waals surface area contributed by atoms with E-state index < -0.39 is 0 Å². The fourth-order valence-electron chi connectivity index (χ4n) is 3.42. The third kappa shape index (κ3) is 4.85. The largest absolute Gasteiger partial charge is 0.353 e. The van der Waals surface area contributed by atoms with E-state index in [1.807, 2.05) is 0 Å². The zero-order valence-corrected chi connectivity index (χ0v) is 13.5. The van der Waals surface area contributed by atoms with Gasteiger partial charge in [0.15, 0.2) is 0 Å². The molecule has 3 atom stereocenters. The Bertz CT molecular complexity index is 478. The van der Waals surface area contributed by atoms with Crippen LogP contribution in [0, 0.1) is 19.8 Å². The van der Waals surface area contributed by atoms with Crippen LogP contribution in [0.15, 0.2) is 18.2 Å². The number of benzene rings is 1. The second-order valence-electron chi connectivity index (χ2n) is 6.73. The van der Waals surface area contributed by atoms with Crippen LogP contribution < -0.4 is 11.1 Å². The molecule has 0 saturated heterocycles. The Hall–Kier alpha value is -1.35. The average Bonchev–Trinajstić information content (AvgIpc) is 2.37. The van der Waals surface area contributed by atoms with Crippen LogP contribution in [0.3, 0.4) is 0 Å². The minimum Gasteiger partial charge on any atom is -0.353 e. The monoisotopic (exact) mass is 288 g/mol. The van der Waals surface area contributed by atoms with Crippen molar-refractivity contribution in [1.29, 1.82) is 0 Å². The lowest BCUT2D eigenvalue weighted by atomic mass is 9.85. The molecule has 0 radical (unpaired) electrons. The summed E-state index contributed by atoms with van der Waals surface area (Å²) in [6.45, 7) is 6.31. The highest BCUT2D eigenvalue weighted by Gasteiger charge is 2.25. The summed E-state index contributed by atoms with van der Waals surface area (Å²) in [5.74, 6) is 0.289. The van der Waals surface area contributed by atoms with E-state index in [4.69, 9.17) is 5.73 Å². The van der Waals surface area contributed by atoms with Gasteiger partial charge in [-0.2, -0.15) is 0 Å². The van der Waals surface area contributed by atoms with Gasteiger partial charge in [0.25, 0.3) is 0 Å². The maximum absolute atomic E-state index is 12.3. The van der Waals surface area contributed by atoms with Gasteiger partial charge in [0.05, 0.1) is 0 Å². The van der Waals surface area contributed by atoms with Crippen LogP contribution in [-0.2, 0) is 11.2 Å². The van der Waals surface area contributed by atoms with E-state index >= 15 is 0 Å². The Morgan fingerprint density at radius 3 is 2.57 bits per heavy atom. The van der Waals surface area contributed by atoms with E-state index in [9.17, 15) is 4.79 Å². The second kappa shape index (κ2) is 7.08. The zero-order valence-electron chi connectivity index (χ0n) is 13.5. The third-order valence-corrected chi connectivity index (χ3v) is 4.30. The fourth-order valence-corrected chi connectivity index (χ4v) is 3.42. The fraction of sp³-hybridized carbons (Fsp3) is 0.611. The Morgan fingerprint density at radius 1 is 1.29 bits per heavy atom. The molecule has 0 aromatic heterocycles. The molecule has 21 heavy (non-hydrogen) atoms. The number of hydrogen-bond donors (Lipinski definition) is 2. The number of hydrogen-bond acceptors (Lipinski definition) is 2. The van der Waals surface area contributed by atoms with Crippen LogP contribution in [0.4, 0.5) is 0 Å². The number of aryl methyl sites for hydroxylation is 2. The molecule has 0 aliphatic heterocycles. The van der Waals surface area contributed by atoms with Crippen molar-refractivity contribution in [2.75, 3.05) is 0 Å². The lowest BCUT2D eigenvalue weighted by molar-refractivity contribution is -0.126. The van der Waals surface area contributed by atoms with E-state index in [0.717, 1.165) is 32.1 Å². The second-order valence-corrected chi connectivity index (χ2v) is 6.73. The summed E-state index contributed by atoms with van der Waals surface area (Å²) in [5.41, 5.74) is 9.82. The summed E-state index contributed by atoms with van der Waals surface area (Å²) >= 11 is 0. The number of nitrogens with one attached hydrogen (secondary N) is 1. The lowest BCUT2D eigenvalue weighted by Gasteiger charge is -2.27. The van der Waals surface area contributed by atoms with Crippen LogP contribution in [0.2, 0.25) is 0 Å². The van der Waals surface area contributed by atoms with Crippen molar-refractivity contribution in [3.8, 4) is 0 Å².